The standard InChI is InChI=1S/C15H28N2O/c1-3-12-8-9-16-14(10-12)15(18)17-13-7-5-4-6-11(13)2/h11-14,16H,3-10H2,1-2H3,(H,17,18). The average molecular weight is 252 g/mol. The van der Waals surface area contributed by atoms with Crippen LogP contribution in [-0.4, -0.2) is 24.5 Å². The lowest BCUT2D eigenvalue weighted by Crippen LogP contribution is -2.52. The number of carbonyl (C=O) groups excluding carboxylic acids is 1. The van der Waals surface area contributed by atoms with Crippen LogP contribution >= 0.6 is 0 Å². The number of hydrogen-bond donors (Lipinski definition) is 2. The molecular weight excluding hydrogens is 224 g/mol. The molecule has 0 aromatic rings. The summed E-state index contributed by atoms with van der Waals surface area (Å²) in [6, 6.07) is 0.466. The van der Waals surface area contributed by atoms with Gasteiger partial charge in [0.2, 0.25) is 5.91 Å². The third-order valence-electron chi connectivity index (χ3n) is 4.85. The molecule has 1 amide bonds. The third-order valence-corrected chi connectivity index (χ3v) is 4.85. The molecular formula is C15H28N2O. The molecule has 104 valence electrons. The molecule has 1 heterocycles. The number of carbonyl (C=O) groups is 1. The van der Waals surface area contributed by atoms with E-state index in [0.29, 0.717) is 12.0 Å². The van der Waals surface area contributed by atoms with Crippen LogP contribution in [0.2, 0.25) is 0 Å². The van der Waals surface area contributed by atoms with Crippen molar-refractivity contribution in [3.63, 3.8) is 0 Å². The van der Waals surface area contributed by atoms with Crippen LogP contribution in [0.1, 0.15) is 58.8 Å². The van der Waals surface area contributed by atoms with E-state index in [1.807, 2.05) is 0 Å². The van der Waals surface area contributed by atoms with Gasteiger partial charge in [-0.15, -0.1) is 0 Å². The monoisotopic (exact) mass is 252 g/mol. The summed E-state index contributed by atoms with van der Waals surface area (Å²) in [5.74, 6) is 1.62. The molecule has 4 unspecified atom stereocenters. The van der Waals surface area contributed by atoms with Crippen molar-refractivity contribution in [1.82, 2.24) is 10.6 Å². The minimum Gasteiger partial charge on any atom is -0.352 e. The number of nitrogens with one attached hydrogen (secondary N) is 2. The number of amides is 1. The van der Waals surface area contributed by atoms with E-state index in [-0.39, 0.29) is 11.9 Å². The van der Waals surface area contributed by atoms with Crippen molar-refractivity contribution in [2.75, 3.05) is 6.54 Å². The molecule has 0 spiro atoms. The molecule has 0 radical (unpaired) electrons. The molecule has 0 aromatic carbocycles. The first-order valence-corrected chi connectivity index (χ1v) is 7.74. The lowest BCUT2D eigenvalue weighted by Gasteiger charge is -2.33. The molecule has 18 heavy (non-hydrogen) atoms. The predicted octanol–water partition coefficient (Wildman–Crippen LogP) is 2.46. The third kappa shape index (κ3) is 3.47. The lowest BCUT2D eigenvalue weighted by atomic mass is 9.85. The van der Waals surface area contributed by atoms with E-state index in [1.165, 1.54) is 32.1 Å². The van der Waals surface area contributed by atoms with Crippen molar-refractivity contribution < 1.29 is 4.79 Å². The molecule has 3 nitrogen and oxygen atoms in total. The molecule has 0 bridgehead atoms. The second-order valence-electron chi connectivity index (χ2n) is 6.18. The Kier molecular flexibility index (Phi) is 5.04. The summed E-state index contributed by atoms with van der Waals surface area (Å²) in [5.41, 5.74) is 0. The average Bonchev–Trinajstić information content (AvgIpc) is 2.41. The van der Waals surface area contributed by atoms with Gasteiger partial charge in [-0.25, -0.2) is 0 Å². The number of hydrogen-bond acceptors (Lipinski definition) is 2. The summed E-state index contributed by atoms with van der Waals surface area (Å²) in [5, 5.41) is 6.66. The van der Waals surface area contributed by atoms with Crippen molar-refractivity contribution in [2.45, 2.75) is 70.9 Å². The van der Waals surface area contributed by atoms with Crippen molar-refractivity contribution in [1.29, 1.82) is 0 Å². The van der Waals surface area contributed by atoms with E-state index in [2.05, 4.69) is 24.5 Å². The largest absolute Gasteiger partial charge is 0.352 e. The van der Waals surface area contributed by atoms with Crippen LogP contribution in [0.25, 0.3) is 0 Å². The van der Waals surface area contributed by atoms with Crippen molar-refractivity contribution in [3.8, 4) is 0 Å². The molecule has 1 aliphatic heterocycles. The van der Waals surface area contributed by atoms with E-state index < -0.39 is 0 Å². The summed E-state index contributed by atoms with van der Waals surface area (Å²) >= 11 is 0. The van der Waals surface area contributed by atoms with Gasteiger partial charge in [-0.1, -0.05) is 33.1 Å². The molecule has 4 atom stereocenters. The Morgan fingerprint density at radius 3 is 2.78 bits per heavy atom. The van der Waals surface area contributed by atoms with Gasteiger partial charge in [0.15, 0.2) is 0 Å². The fourth-order valence-electron chi connectivity index (χ4n) is 3.38. The topological polar surface area (TPSA) is 41.1 Å². The highest BCUT2D eigenvalue weighted by atomic mass is 16.2. The molecule has 1 aliphatic carbocycles. The zero-order chi connectivity index (χ0) is 13.0. The van der Waals surface area contributed by atoms with Gasteiger partial charge in [0.25, 0.3) is 0 Å². The summed E-state index contributed by atoms with van der Waals surface area (Å²) in [6.07, 6.45) is 8.46. The van der Waals surface area contributed by atoms with Crippen LogP contribution in [0.3, 0.4) is 0 Å². The SMILES string of the molecule is CCC1CCNC(C(=O)NC2CCCCC2C)C1. The smallest absolute Gasteiger partial charge is 0.237 e. The van der Waals surface area contributed by atoms with E-state index in [0.717, 1.165) is 25.3 Å². The van der Waals surface area contributed by atoms with Crippen molar-refractivity contribution >= 4 is 5.91 Å². The summed E-state index contributed by atoms with van der Waals surface area (Å²) in [6.45, 7) is 5.50. The van der Waals surface area contributed by atoms with Gasteiger partial charge in [0, 0.05) is 6.04 Å². The Morgan fingerprint density at radius 2 is 2.06 bits per heavy atom. The van der Waals surface area contributed by atoms with Gasteiger partial charge in [0.1, 0.15) is 0 Å². The van der Waals surface area contributed by atoms with E-state index in [9.17, 15) is 4.79 Å². The Balaban J connectivity index is 1.83. The van der Waals surface area contributed by atoms with E-state index in [1.54, 1.807) is 0 Å². The minimum atomic E-state index is 0.0535. The molecule has 1 saturated carbocycles. The molecule has 3 heteroatoms. The summed E-state index contributed by atoms with van der Waals surface area (Å²) in [4.78, 5) is 12.3. The zero-order valence-corrected chi connectivity index (χ0v) is 11.9. The number of piperidine rings is 1. The van der Waals surface area contributed by atoms with Gasteiger partial charge in [-0.05, 0) is 44.1 Å². The highest BCUT2D eigenvalue weighted by Crippen LogP contribution is 2.24. The second-order valence-corrected chi connectivity index (χ2v) is 6.18. The van der Waals surface area contributed by atoms with Gasteiger partial charge in [-0.2, -0.15) is 0 Å². The second kappa shape index (κ2) is 6.55. The van der Waals surface area contributed by atoms with Crippen LogP contribution in [0.4, 0.5) is 0 Å². The maximum Gasteiger partial charge on any atom is 0.237 e. The fourth-order valence-corrected chi connectivity index (χ4v) is 3.38. The minimum absolute atomic E-state index is 0.0535. The Labute approximate surface area is 111 Å². The summed E-state index contributed by atoms with van der Waals surface area (Å²) in [7, 11) is 0. The maximum atomic E-state index is 12.3. The lowest BCUT2D eigenvalue weighted by molar-refractivity contribution is -0.125. The van der Waals surface area contributed by atoms with Gasteiger partial charge < -0.3 is 10.6 Å². The predicted molar refractivity (Wildman–Crippen MR) is 74.4 cm³/mol. The molecule has 2 rings (SSSR count). The highest BCUT2D eigenvalue weighted by Gasteiger charge is 2.29. The van der Waals surface area contributed by atoms with E-state index in [4.69, 9.17) is 0 Å². The first-order valence-electron chi connectivity index (χ1n) is 7.74. The van der Waals surface area contributed by atoms with Gasteiger partial charge >= 0.3 is 0 Å². The highest BCUT2D eigenvalue weighted by molar-refractivity contribution is 5.82. The molecule has 2 aliphatic rings. The van der Waals surface area contributed by atoms with Crippen molar-refractivity contribution in [3.05, 3.63) is 0 Å². The molecule has 2 fully saturated rings. The Hall–Kier alpha value is -0.570. The van der Waals surface area contributed by atoms with Crippen LogP contribution in [0.5, 0.6) is 0 Å². The van der Waals surface area contributed by atoms with Crippen molar-refractivity contribution in [2.24, 2.45) is 11.8 Å². The quantitative estimate of drug-likeness (QED) is 0.810. The molecule has 0 aromatic heterocycles. The normalized spacial score (nSPS) is 37.2. The molecule has 2 N–H and O–H groups in total. The van der Waals surface area contributed by atoms with Gasteiger partial charge in [-0.3, -0.25) is 4.79 Å². The Bertz CT molecular complexity index is 280. The number of rotatable bonds is 3. The van der Waals surface area contributed by atoms with E-state index >= 15 is 0 Å². The fraction of sp³-hybridized carbons (Fsp3) is 0.933. The Morgan fingerprint density at radius 1 is 1.28 bits per heavy atom. The zero-order valence-electron chi connectivity index (χ0n) is 11.9. The summed E-state index contributed by atoms with van der Waals surface area (Å²) < 4.78 is 0. The van der Waals surface area contributed by atoms with Gasteiger partial charge in [0.05, 0.1) is 6.04 Å². The first-order chi connectivity index (χ1) is 8.70. The first kappa shape index (κ1) is 13.9. The van der Waals surface area contributed by atoms with Crippen LogP contribution in [-0.2, 0) is 4.79 Å². The maximum absolute atomic E-state index is 12.3. The van der Waals surface area contributed by atoms with Crippen LogP contribution in [0.15, 0.2) is 0 Å². The molecule has 1 saturated heterocycles. The van der Waals surface area contributed by atoms with Crippen LogP contribution < -0.4 is 10.6 Å². The van der Waals surface area contributed by atoms with Crippen LogP contribution in [0, 0.1) is 11.8 Å².